The van der Waals surface area contributed by atoms with Gasteiger partial charge in [-0.05, 0) is 62.6 Å². The van der Waals surface area contributed by atoms with Gasteiger partial charge in [0.15, 0.2) is 10.7 Å². The highest BCUT2D eigenvalue weighted by Gasteiger charge is 2.37. The highest BCUT2D eigenvalue weighted by atomic mass is 32.2. The fourth-order valence-electron chi connectivity index (χ4n) is 4.23. The fraction of sp³-hybridized carbons (Fsp3) is 0.308. The summed E-state index contributed by atoms with van der Waals surface area (Å²) < 4.78 is 53.1. The molecule has 0 unspecified atom stereocenters. The van der Waals surface area contributed by atoms with Crippen molar-refractivity contribution in [2.24, 2.45) is 5.92 Å². The zero-order valence-electron chi connectivity index (χ0n) is 20.3. The lowest BCUT2D eigenvalue weighted by Gasteiger charge is -2.31. The molecule has 1 saturated heterocycles. The number of piperidine rings is 1. The van der Waals surface area contributed by atoms with Crippen LogP contribution in [0.15, 0.2) is 51.9 Å². The van der Waals surface area contributed by atoms with E-state index in [9.17, 15) is 17.6 Å². The van der Waals surface area contributed by atoms with E-state index in [1.807, 2.05) is 19.1 Å². The van der Waals surface area contributed by atoms with Gasteiger partial charge in [0.05, 0.1) is 18.7 Å². The maximum absolute atomic E-state index is 14.0. The second kappa shape index (κ2) is 10.6. The van der Waals surface area contributed by atoms with Crippen LogP contribution in [0.2, 0.25) is 0 Å². The van der Waals surface area contributed by atoms with E-state index >= 15 is 0 Å². The van der Waals surface area contributed by atoms with Crippen LogP contribution >= 0.6 is 0 Å². The molecule has 1 aliphatic rings. The zero-order chi connectivity index (χ0) is 25.9. The Morgan fingerprint density at radius 1 is 1.22 bits per heavy atom. The molecule has 3 aromatic rings. The topological polar surface area (TPSA) is 102 Å². The van der Waals surface area contributed by atoms with Gasteiger partial charge in [-0.15, -0.1) is 0 Å². The number of sulfonamides is 1. The van der Waals surface area contributed by atoms with E-state index in [-0.39, 0.29) is 40.9 Å². The van der Waals surface area contributed by atoms with Crippen LogP contribution in [-0.4, -0.2) is 44.0 Å². The van der Waals surface area contributed by atoms with Crippen molar-refractivity contribution >= 4 is 33.8 Å². The molecule has 0 bridgehead atoms. The molecule has 2 heterocycles. The van der Waals surface area contributed by atoms with Gasteiger partial charge in [0.1, 0.15) is 17.3 Å². The van der Waals surface area contributed by atoms with Gasteiger partial charge >= 0.3 is 0 Å². The number of rotatable bonds is 7. The molecule has 1 amide bonds. The second-order valence-electron chi connectivity index (χ2n) is 8.71. The molecule has 4 rings (SSSR count). The SMILES string of the molecule is COc1ccc(C)cc1NC(=O)[C@@H]1CCCN(S(=O)(=O)c2c(C)noc2/C=C/c2ccccc2F)C1. The van der Waals surface area contributed by atoms with Crippen molar-refractivity contribution < 1.29 is 26.9 Å². The van der Waals surface area contributed by atoms with E-state index in [1.54, 1.807) is 24.3 Å². The monoisotopic (exact) mass is 513 g/mol. The number of nitrogens with zero attached hydrogens (tertiary/aromatic N) is 2. The summed E-state index contributed by atoms with van der Waals surface area (Å²) in [5.74, 6) is -0.728. The van der Waals surface area contributed by atoms with E-state index in [0.29, 0.717) is 24.3 Å². The lowest BCUT2D eigenvalue weighted by molar-refractivity contribution is -0.120. The Balaban J connectivity index is 1.55. The van der Waals surface area contributed by atoms with Gasteiger partial charge in [0.2, 0.25) is 15.9 Å². The standard InChI is InChI=1S/C26H28FN3O5S/c1-17-10-12-23(34-3)22(15-17)28-26(31)20-8-6-14-30(16-20)36(32,33)25-18(2)29-35-24(25)13-11-19-7-4-5-9-21(19)27/h4-5,7,9-13,15,20H,6,8,14,16H2,1-3H3,(H,28,31)/b13-11+/t20-/m1/s1. The van der Waals surface area contributed by atoms with Crippen molar-refractivity contribution in [2.75, 3.05) is 25.5 Å². The van der Waals surface area contributed by atoms with Crippen molar-refractivity contribution in [3.8, 4) is 5.75 Å². The molecule has 0 aliphatic carbocycles. The number of carbonyl (C=O) groups is 1. The van der Waals surface area contributed by atoms with Crippen LogP contribution in [0, 0.1) is 25.6 Å². The van der Waals surface area contributed by atoms with Crippen LogP contribution in [0.1, 0.15) is 35.4 Å². The zero-order valence-corrected chi connectivity index (χ0v) is 21.1. The Bertz CT molecular complexity index is 1400. The van der Waals surface area contributed by atoms with Gasteiger partial charge in [-0.1, -0.05) is 29.4 Å². The Morgan fingerprint density at radius 2 is 2.00 bits per heavy atom. The number of ether oxygens (including phenoxy) is 1. The van der Waals surface area contributed by atoms with Crippen LogP contribution in [0.25, 0.3) is 12.2 Å². The predicted molar refractivity (Wildman–Crippen MR) is 134 cm³/mol. The first-order chi connectivity index (χ1) is 17.2. The summed E-state index contributed by atoms with van der Waals surface area (Å²) in [6.45, 7) is 3.73. The summed E-state index contributed by atoms with van der Waals surface area (Å²) in [6, 6.07) is 11.6. The summed E-state index contributed by atoms with van der Waals surface area (Å²) in [6.07, 6.45) is 3.90. The lowest BCUT2D eigenvalue weighted by Crippen LogP contribution is -2.44. The number of halogens is 1. The van der Waals surface area contributed by atoms with Crippen molar-refractivity contribution in [2.45, 2.75) is 31.6 Å². The maximum Gasteiger partial charge on any atom is 0.248 e. The minimum atomic E-state index is -4.03. The molecule has 1 aromatic heterocycles. The summed E-state index contributed by atoms with van der Waals surface area (Å²) in [5.41, 5.74) is 1.98. The van der Waals surface area contributed by atoms with E-state index < -0.39 is 21.8 Å². The third-order valence-electron chi connectivity index (χ3n) is 6.12. The number of hydrogen-bond donors (Lipinski definition) is 1. The molecule has 1 fully saturated rings. The second-order valence-corrected chi connectivity index (χ2v) is 10.6. The van der Waals surface area contributed by atoms with Crippen molar-refractivity contribution in [1.29, 1.82) is 0 Å². The Hall–Kier alpha value is -3.50. The van der Waals surface area contributed by atoms with Crippen molar-refractivity contribution in [3.63, 3.8) is 0 Å². The number of hydrogen-bond acceptors (Lipinski definition) is 6. The highest BCUT2D eigenvalue weighted by Crippen LogP contribution is 2.31. The molecular formula is C26H28FN3O5S. The summed E-state index contributed by atoms with van der Waals surface area (Å²) in [7, 11) is -2.50. The summed E-state index contributed by atoms with van der Waals surface area (Å²) in [5, 5.41) is 6.71. The molecule has 2 aromatic carbocycles. The first kappa shape index (κ1) is 25.6. The Kier molecular flexibility index (Phi) is 7.56. The molecular weight excluding hydrogens is 485 g/mol. The third-order valence-corrected chi connectivity index (χ3v) is 8.14. The Labute approximate surface area is 209 Å². The smallest absolute Gasteiger partial charge is 0.248 e. The van der Waals surface area contributed by atoms with Crippen LogP contribution in [0.5, 0.6) is 5.75 Å². The highest BCUT2D eigenvalue weighted by molar-refractivity contribution is 7.89. The number of aryl methyl sites for hydroxylation is 2. The third kappa shape index (κ3) is 5.34. The molecule has 0 radical (unpaired) electrons. The van der Waals surface area contributed by atoms with E-state index in [4.69, 9.17) is 9.26 Å². The van der Waals surface area contributed by atoms with E-state index in [1.165, 1.54) is 36.6 Å². The van der Waals surface area contributed by atoms with Gasteiger partial charge in [0, 0.05) is 18.7 Å². The van der Waals surface area contributed by atoms with Gasteiger partial charge in [-0.25, -0.2) is 12.8 Å². The number of anilines is 1. The van der Waals surface area contributed by atoms with Crippen molar-refractivity contribution in [3.05, 3.63) is 70.9 Å². The number of aromatic nitrogens is 1. The molecule has 190 valence electrons. The first-order valence-electron chi connectivity index (χ1n) is 11.5. The molecule has 0 spiro atoms. The normalized spacial score (nSPS) is 16.8. The summed E-state index contributed by atoms with van der Waals surface area (Å²) in [4.78, 5) is 13.0. The van der Waals surface area contributed by atoms with Gasteiger partial charge < -0.3 is 14.6 Å². The number of amides is 1. The Morgan fingerprint density at radius 3 is 2.75 bits per heavy atom. The van der Waals surface area contributed by atoms with Gasteiger partial charge in [-0.2, -0.15) is 4.31 Å². The minimum absolute atomic E-state index is 0.00632. The molecule has 1 aliphatic heterocycles. The molecule has 36 heavy (non-hydrogen) atoms. The maximum atomic E-state index is 14.0. The lowest BCUT2D eigenvalue weighted by atomic mass is 9.98. The van der Waals surface area contributed by atoms with Crippen LogP contribution < -0.4 is 10.1 Å². The van der Waals surface area contributed by atoms with Crippen LogP contribution in [-0.2, 0) is 14.8 Å². The molecule has 1 atom stereocenters. The number of carbonyl (C=O) groups excluding carboxylic acids is 1. The van der Waals surface area contributed by atoms with E-state index in [2.05, 4.69) is 10.5 Å². The van der Waals surface area contributed by atoms with Gasteiger partial charge in [0.25, 0.3) is 0 Å². The molecule has 10 heteroatoms. The summed E-state index contributed by atoms with van der Waals surface area (Å²) >= 11 is 0. The largest absolute Gasteiger partial charge is 0.495 e. The van der Waals surface area contributed by atoms with Gasteiger partial charge in [-0.3, -0.25) is 4.79 Å². The van der Waals surface area contributed by atoms with Crippen LogP contribution in [0.4, 0.5) is 10.1 Å². The average molecular weight is 514 g/mol. The average Bonchev–Trinajstić information content (AvgIpc) is 3.24. The molecule has 8 nitrogen and oxygen atoms in total. The first-order valence-corrected chi connectivity index (χ1v) is 13.0. The quantitative estimate of drug-likeness (QED) is 0.494. The molecule has 1 N–H and O–H groups in total. The fourth-order valence-corrected chi connectivity index (χ4v) is 6.01. The predicted octanol–water partition coefficient (Wildman–Crippen LogP) is 4.65. The van der Waals surface area contributed by atoms with Crippen molar-refractivity contribution in [1.82, 2.24) is 9.46 Å². The van der Waals surface area contributed by atoms with Crippen LogP contribution in [0.3, 0.4) is 0 Å². The minimum Gasteiger partial charge on any atom is -0.495 e. The number of benzene rings is 2. The number of nitrogens with one attached hydrogen (secondary N) is 1. The van der Waals surface area contributed by atoms with E-state index in [0.717, 1.165) is 5.56 Å². The molecule has 0 saturated carbocycles. The number of methoxy groups -OCH3 is 1.